The van der Waals surface area contributed by atoms with Gasteiger partial charge in [0.25, 0.3) is 0 Å². The molecule has 0 fully saturated rings. The second-order valence-corrected chi connectivity index (χ2v) is 15.9. The predicted octanol–water partition coefficient (Wildman–Crippen LogP) is 14.1. The molecular formula is C56H35NO. The lowest BCUT2D eigenvalue weighted by Crippen LogP contribution is -2.36. The highest BCUT2D eigenvalue weighted by Crippen LogP contribution is 2.66. The van der Waals surface area contributed by atoms with Crippen LogP contribution in [-0.4, -0.2) is 0 Å². The fourth-order valence-corrected chi connectivity index (χ4v) is 11.2. The van der Waals surface area contributed by atoms with Crippen molar-refractivity contribution in [2.75, 3.05) is 4.90 Å². The normalized spacial score (nSPS) is 14.8. The van der Waals surface area contributed by atoms with Crippen LogP contribution in [0.2, 0.25) is 0 Å². The molecule has 0 bridgehead atoms. The minimum Gasteiger partial charge on any atom is -0.456 e. The number of furan rings is 1. The van der Waals surface area contributed by atoms with E-state index in [0.717, 1.165) is 39.0 Å². The van der Waals surface area contributed by atoms with Crippen LogP contribution >= 0.6 is 0 Å². The van der Waals surface area contributed by atoms with Crippen LogP contribution in [0.5, 0.6) is 0 Å². The maximum Gasteiger partial charge on any atom is 0.142 e. The third-order valence-electron chi connectivity index (χ3n) is 13.3. The molecule has 3 aliphatic rings. The van der Waals surface area contributed by atoms with Crippen LogP contribution in [0.3, 0.4) is 0 Å². The van der Waals surface area contributed by atoms with Gasteiger partial charge in [-0.3, -0.25) is 0 Å². The van der Waals surface area contributed by atoms with Gasteiger partial charge in [0.05, 0.1) is 22.2 Å². The summed E-state index contributed by atoms with van der Waals surface area (Å²) in [6.45, 7) is 0. The first-order chi connectivity index (χ1) is 28.8. The van der Waals surface area contributed by atoms with Crippen molar-refractivity contribution >= 4 is 39.0 Å². The molecule has 0 saturated heterocycles. The van der Waals surface area contributed by atoms with Crippen molar-refractivity contribution in [3.8, 4) is 22.3 Å². The average Bonchev–Trinajstić information content (AvgIpc) is 3.92. The molecule has 2 heterocycles. The predicted molar refractivity (Wildman–Crippen MR) is 237 cm³/mol. The Morgan fingerprint density at radius 2 is 0.862 bits per heavy atom. The molecule has 1 aliphatic heterocycles. The minimum atomic E-state index is -0.617. The molecule has 13 rings (SSSR count). The van der Waals surface area contributed by atoms with Crippen LogP contribution in [-0.2, 0) is 10.8 Å². The molecule has 58 heavy (non-hydrogen) atoms. The van der Waals surface area contributed by atoms with Crippen molar-refractivity contribution in [3.63, 3.8) is 0 Å². The molecule has 0 radical (unpaired) electrons. The van der Waals surface area contributed by atoms with Gasteiger partial charge in [0.2, 0.25) is 0 Å². The zero-order valence-electron chi connectivity index (χ0n) is 31.6. The molecule has 0 unspecified atom stereocenters. The van der Waals surface area contributed by atoms with E-state index >= 15 is 0 Å². The maximum atomic E-state index is 7.11. The minimum absolute atomic E-state index is 0.518. The summed E-state index contributed by atoms with van der Waals surface area (Å²) in [5.74, 6) is 0. The van der Waals surface area contributed by atoms with Gasteiger partial charge in [0.1, 0.15) is 11.2 Å². The van der Waals surface area contributed by atoms with Crippen LogP contribution in [0.1, 0.15) is 44.5 Å². The molecule has 0 amide bonds. The van der Waals surface area contributed by atoms with Gasteiger partial charge in [-0.25, -0.2) is 0 Å². The largest absolute Gasteiger partial charge is 0.456 e. The Hall–Kier alpha value is -7.42. The van der Waals surface area contributed by atoms with Crippen molar-refractivity contribution in [2.45, 2.75) is 10.8 Å². The van der Waals surface area contributed by atoms with E-state index in [4.69, 9.17) is 4.42 Å². The van der Waals surface area contributed by atoms with Gasteiger partial charge < -0.3 is 9.32 Å². The highest BCUT2D eigenvalue weighted by atomic mass is 16.3. The number of para-hydroxylation sites is 2. The number of hydrogen-bond donors (Lipinski definition) is 0. The van der Waals surface area contributed by atoms with Crippen LogP contribution in [0.25, 0.3) is 44.2 Å². The summed E-state index contributed by atoms with van der Waals surface area (Å²) in [6.07, 6.45) is 0. The molecule has 2 aliphatic carbocycles. The SMILES string of the molecule is c1ccc(C2(c3ccccc3)c3ccccc3-c3ccc(N4c5ccccc5C5(c6ccccc6-c6ccccc65)c5c4ccc4c5oc5ccccc54)cc32)cc1. The molecule has 1 aromatic heterocycles. The molecule has 2 nitrogen and oxygen atoms in total. The van der Waals surface area contributed by atoms with Gasteiger partial charge in [-0.2, -0.15) is 0 Å². The van der Waals surface area contributed by atoms with Crippen LogP contribution in [0, 0.1) is 0 Å². The summed E-state index contributed by atoms with van der Waals surface area (Å²) >= 11 is 0. The van der Waals surface area contributed by atoms with Gasteiger partial charge in [0, 0.05) is 22.0 Å². The molecule has 0 atom stereocenters. The highest BCUT2D eigenvalue weighted by Gasteiger charge is 2.54. The van der Waals surface area contributed by atoms with Crippen molar-refractivity contribution in [2.24, 2.45) is 0 Å². The Morgan fingerprint density at radius 1 is 0.345 bits per heavy atom. The number of benzene rings is 9. The lowest BCUT2D eigenvalue weighted by Gasteiger charge is -2.45. The fourth-order valence-electron chi connectivity index (χ4n) is 11.2. The van der Waals surface area contributed by atoms with Gasteiger partial charge in [-0.1, -0.05) is 176 Å². The summed E-state index contributed by atoms with van der Waals surface area (Å²) in [4.78, 5) is 2.51. The van der Waals surface area contributed by atoms with E-state index in [-0.39, 0.29) is 0 Å². The van der Waals surface area contributed by atoms with E-state index in [2.05, 4.69) is 217 Å². The maximum absolute atomic E-state index is 7.11. The first kappa shape index (κ1) is 31.7. The van der Waals surface area contributed by atoms with Crippen LogP contribution in [0.4, 0.5) is 17.1 Å². The summed E-state index contributed by atoms with van der Waals surface area (Å²) in [6, 6.07) is 78.5. The first-order valence-electron chi connectivity index (χ1n) is 20.2. The number of fused-ring (bicyclic) bond motifs is 16. The van der Waals surface area contributed by atoms with Gasteiger partial charge in [0.15, 0.2) is 0 Å². The molecule has 270 valence electrons. The number of nitrogens with zero attached hydrogens (tertiary/aromatic N) is 1. The topological polar surface area (TPSA) is 16.4 Å². The van der Waals surface area contributed by atoms with E-state index < -0.39 is 10.8 Å². The number of hydrogen-bond acceptors (Lipinski definition) is 2. The second-order valence-electron chi connectivity index (χ2n) is 15.9. The molecule has 1 spiro atoms. The Labute approximate surface area is 336 Å². The van der Waals surface area contributed by atoms with Gasteiger partial charge in [-0.05, 0) is 97.6 Å². The smallest absolute Gasteiger partial charge is 0.142 e. The third-order valence-corrected chi connectivity index (χ3v) is 13.3. The Morgan fingerprint density at radius 3 is 1.52 bits per heavy atom. The van der Waals surface area contributed by atoms with Crippen molar-refractivity contribution < 1.29 is 4.42 Å². The van der Waals surface area contributed by atoms with E-state index in [9.17, 15) is 0 Å². The van der Waals surface area contributed by atoms with Crippen LogP contribution in [0.15, 0.2) is 217 Å². The third kappa shape index (κ3) is 3.82. The lowest BCUT2D eigenvalue weighted by atomic mass is 9.64. The molecular weight excluding hydrogens is 703 g/mol. The Kier molecular flexibility index (Phi) is 6.33. The van der Waals surface area contributed by atoms with Crippen LogP contribution < -0.4 is 4.90 Å². The summed E-state index contributed by atoms with van der Waals surface area (Å²) in [5, 5.41) is 2.26. The van der Waals surface area contributed by atoms with E-state index in [1.54, 1.807) is 0 Å². The lowest BCUT2D eigenvalue weighted by molar-refractivity contribution is 0.646. The summed E-state index contributed by atoms with van der Waals surface area (Å²) in [5.41, 5.74) is 19.3. The van der Waals surface area contributed by atoms with Gasteiger partial charge in [-0.15, -0.1) is 0 Å². The molecule has 0 saturated carbocycles. The zero-order chi connectivity index (χ0) is 38.0. The van der Waals surface area contributed by atoms with E-state index in [1.807, 2.05) is 0 Å². The van der Waals surface area contributed by atoms with Crippen molar-refractivity contribution in [1.82, 2.24) is 0 Å². The second kappa shape index (κ2) is 11.6. The fraction of sp³-hybridized carbons (Fsp3) is 0.0357. The quantitative estimate of drug-likeness (QED) is 0.180. The van der Waals surface area contributed by atoms with Gasteiger partial charge >= 0.3 is 0 Å². The first-order valence-corrected chi connectivity index (χ1v) is 20.2. The zero-order valence-corrected chi connectivity index (χ0v) is 31.6. The van der Waals surface area contributed by atoms with Crippen molar-refractivity contribution in [3.05, 3.63) is 257 Å². The molecule has 0 N–H and O–H groups in total. The Balaban J connectivity index is 1.16. The number of rotatable bonds is 3. The van der Waals surface area contributed by atoms with Crippen molar-refractivity contribution in [1.29, 1.82) is 0 Å². The molecule has 2 heteroatoms. The molecule has 9 aromatic carbocycles. The van der Waals surface area contributed by atoms with E-state index in [1.165, 1.54) is 66.8 Å². The molecule has 10 aromatic rings. The monoisotopic (exact) mass is 737 g/mol. The summed E-state index contributed by atoms with van der Waals surface area (Å²) < 4.78 is 7.11. The summed E-state index contributed by atoms with van der Waals surface area (Å²) in [7, 11) is 0. The highest BCUT2D eigenvalue weighted by molar-refractivity contribution is 6.11. The average molecular weight is 738 g/mol. The standard InChI is InChI=1S/C56H35NO/c1-3-17-36(18-4-1)55(37-19-5-2-6-20-37)45-25-11-7-23-41(45)42-32-31-38(35-49(42)55)57-50-29-15-14-28-48(50)56(46-26-12-8-21-39(46)40-22-9-13-27-47(40)56)53-51(57)34-33-44-43-24-10-16-30-52(43)58-54(44)53/h1-35H. The van der Waals surface area contributed by atoms with E-state index in [0.29, 0.717) is 0 Å². The number of anilines is 3. The Bertz CT molecular complexity index is 3220.